The fraction of sp³-hybridized carbons (Fsp3) is 0.556. The summed E-state index contributed by atoms with van der Waals surface area (Å²) in [4.78, 5) is 0. The van der Waals surface area contributed by atoms with E-state index in [-0.39, 0.29) is 0 Å². The van der Waals surface area contributed by atoms with Gasteiger partial charge in [-0.3, -0.25) is 0 Å². The molecule has 0 aliphatic heterocycles. The molecule has 4 nitrogen and oxygen atoms in total. The maximum atomic E-state index is 5.68. The summed E-state index contributed by atoms with van der Waals surface area (Å²) in [6.07, 6.45) is 0.890. The van der Waals surface area contributed by atoms with Crippen LogP contribution in [0.3, 0.4) is 0 Å². The van der Waals surface area contributed by atoms with Crippen LogP contribution in [0.4, 0.5) is 5.69 Å². The number of anilines is 1. The minimum absolute atomic E-state index is 0.396. The third kappa shape index (κ3) is 2.57. The summed E-state index contributed by atoms with van der Waals surface area (Å²) in [7, 11) is 1.53. The van der Waals surface area contributed by atoms with Gasteiger partial charge in [-0.15, -0.1) is 5.10 Å². The lowest BCUT2D eigenvalue weighted by Crippen LogP contribution is -2.03. The highest BCUT2D eigenvalue weighted by Crippen LogP contribution is 2.17. The molecule has 72 valence electrons. The van der Waals surface area contributed by atoms with Gasteiger partial charge in [0.25, 0.3) is 5.88 Å². The summed E-state index contributed by atoms with van der Waals surface area (Å²) in [5.74, 6) is 0.953. The SMILES string of the molecule is COc1nnc(CC(C)C)cc1N. The topological polar surface area (TPSA) is 61.0 Å². The molecule has 0 spiro atoms. The predicted molar refractivity (Wildman–Crippen MR) is 51.5 cm³/mol. The number of hydrogen-bond donors (Lipinski definition) is 1. The first kappa shape index (κ1) is 9.77. The maximum Gasteiger partial charge on any atom is 0.256 e. The Morgan fingerprint density at radius 1 is 1.46 bits per heavy atom. The zero-order valence-corrected chi connectivity index (χ0v) is 8.24. The van der Waals surface area contributed by atoms with E-state index in [9.17, 15) is 0 Å². The minimum Gasteiger partial charge on any atom is -0.478 e. The van der Waals surface area contributed by atoms with E-state index >= 15 is 0 Å². The highest BCUT2D eigenvalue weighted by atomic mass is 16.5. The highest BCUT2D eigenvalue weighted by Gasteiger charge is 2.05. The second-order valence-electron chi connectivity index (χ2n) is 3.40. The van der Waals surface area contributed by atoms with Gasteiger partial charge in [-0.2, -0.15) is 5.10 Å². The summed E-state index contributed by atoms with van der Waals surface area (Å²) < 4.78 is 4.91. The maximum absolute atomic E-state index is 5.68. The molecule has 0 saturated heterocycles. The Kier molecular flexibility index (Phi) is 3.06. The van der Waals surface area contributed by atoms with Crippen LogP contribution in [0, 0.1) is 5.92 Å². The molecule has 0 amide bonds. The van der Waals surface area contributed by atoms with Crippen molar-refractivity contribution in [3.8, 4) is 5.88 Å². The van der Waals surface area contributed by atoms with E-state index < -0.39 is 0 Å². The largest absolute Gasteiger partial charge is 0.478 e. The summed E-state index contributed by atoms with van der Waals surface area (Å²) >= 11 is 0. The number of rotatable bonds is 3. The molecule has 0 aromatic carbocycles. The molecular formula is C9H15N3O. The second-order valence-corrected chi connectivity index (χ2v) is 3.40. The molecule has 1 rings (SSSR count). The lowest BCUT2D eigenvalue weighted by Gasteiger charge is -2.06. The molecule has 0 bridgehead atoms. The Morgan fingerprint density at radius 3 is 2.62 bits per heavy atom. The van der Waals surface area contributed by atoms with Crippen LogP contribution in [-0.2, 0) is 6.42 Å². The number of aromatic nitrogens is 2. The van der Waals surface area contributed by atoms with Crippen molar-refractivity contribution in [1.29, 1.82) is 0 Å². The summed E-state index contributed by atoms with van der Waals surface area (Å²) in [6, 6.07) is 1.81. The van der Waals surface area contributed by atoms with Gasteiger partial charge in [0.15, 0.2) is 0 Å². The molecule has 13 heavy (non-hydrogen) atoms. The Hall–Kier alpha value is -1.32. The first-order valence-corrected chi connectivity index (χ1v) is 4.29. The van der Waals surface area contributed by atoms with E-state index in [1.807, 2.05) is 6.07 Å². The second kappa shape index (κ2) is 4.07. The first-order chi connectivity index (χ1) is 6.13. The number of nitrogens with two attached hydrogens (primary N) is 1. The molecule has 0 unspecified atom stereocenters. The van der Waals surface area contributed by atoms with Crippen LogP contribution in [0.2, 0.25) is 0 Å². The van der Waals surface area contributed by atoms with Crippen molar-refractivity contribution in [3.63, 3.8) is 0 Å². The van der Waals surface area contributed by atoms with Crippen molar-refractivity contribution in [1.82, 2.24) is 10.2 Å². The van der Waals surface area contributed by atoms with Crippen molar-refractivity contribution in [2.24, 2.45) is 5.92 Å². The molecule has 0 saturated carbocycles. The average molecular weight is 181 g/mol. The van der Waals surface area contributed by atoms with Crippen molar-refractivity contribution >= 4 is 5.69 Å². The molecule has 1 aromatic rings. The fourth-order valence-electron chi connectivity index (χ4n) is 1.11. The normalized spacial score (nSPS) is 10.5. The van der Waals surface area contributed by atoms with E-state index in [1.165, 1.54) is 7.11 Å². The van der Waals surface area contributed by atoms with Crippen LogP contribution < -0.4 is 10.5 Å². The highest BCUT2D eigenvalue weighted by molar-refractivity contribution is 5.47. The summed E-state index contributed by atoms with van der Waals surface area (Å²) in [6.45, 7) is 4.25. The zero-order chi connectivity index (χ0) is 9.84. The monoisotopic (exact) mass is 181 g/mol. The molecule has 0 atom stereocenters. The van der Waals surface area contributed by atoms with E-state index in [0.717, 1.165) is 12.1 Å². The number of methoxy groups -OCH3 is 1. The molecule has 2 N–H and O–H groups in total. The number of ether oxygens (including phenoxy) is 1. The minimum atomic E-state index is 0.396. The zero-order valence-electron chi connectivity index (χ0n) is 8.24. The van der Waals surface area contributed by atoms with Crippen LogP contribution in [0.15, 0.2) is 6.07 Å². The molecular weight excluding hydrogens is 166 g/mol. The van der Waals surface area contributed by atoms with Gasteiger partial charge in [-0.05, 0) is 18.4 Å². The van der Waals surface area contributed by atoms with Gasteiger partial charge in [-0.25, -0.2) is 0 Å². The lowest BCUT2D eigenvalue weighted by atomic mass is 10.1. The molecule has 0 radical (unpaired) electrons. The van der Waals surface area contributed by atoms with E-state index in [4.69, 9.17) is 10.5 Å². The Balaban J connectivity index is 2.83. The lowest BCUT2D eigenvalue weighted by molar-refractivity contribution is 0.393. The average Bonchev–Trinajstić information content (AvgIpc) is 2.03. The summed E-state index contributed by atoms with van der Waals surface area (Å²) in [5.41, 5.74) is 7.14. The van der Waals surface area contributed by atoms with E-state index in [0.29, 0.717) is 17.5 Å². The fourth-order valence-corrected chi connectivity index (χ4v) is 1.11. The van der Waals surface area contributed by atoms with Gasteiger partial charge in [0.1, 0.15) is 0 Å². The van der Waals surface area contributed by atoms with Crippen molar-refractivity contribution in [3.05, 3.63) is 11.8 Å². The number of hydrogen-bond acceptors (Lipinski definition) is 4. The molecule has 1 aromatic heterocycles. The van der Waals surface area contributed by atoms with Gasteiger partial charge in [0, 0.05) is 0 Å². The van der Waals surface area contributed by atoms with Gasteiger partial charge >= 0.3 is 0 Å². The molecule has 0 fully saturated rings. The Labute approximate surface area is 78.1 Å². The smallest absolute Gasteiger partial charge is 0.256 e. The Bertz CT molecular complexity index is 286. The van der Waals surface area contributed by atoms with Gasteiger partial charge in [0.2, 0.25) is 0 Å². The van der Waals surface area contributed by atoms with E-state index in [1.54, 1.807) is 0 Å². The first-order valence-electron chi connectivity index (χ1n) is 4.29. The van der Waals surface area contributed by atoms with Crippen LogP contribution in [-0.4, -0.2) is 17.3 Å². The van der Waals surface area contributed by atoms with Gasteiger partial charge in [-0.1, -0.05) is 13.8 Å². The van der Waals surface area contributed by atoms with Crippen LogP contribution in [0.25, 0.3) is 0 Å². The van der Waals surface area contributed by atoms with Crippen LogP contribution >= 0.6 is 0 Å². The van der Waals surface area contributed by atoms with Gasteiger partial charge in [0.05, 0.1) is 18.5 Å². The third-order valence-electron chi connectivity index (χ3n) is 1.65. The van der Waals surface area contributed by atoms with Crippen LogP contribution in [0.5, 0.6) is 5.88 Å². The molecule has 1 heterocycles. The molecule has 4 heteroatoms. The standard InChI is InChI=1S/C9H15N3O/c1-6(2)4-7-5-8(10)9(13-3)12-11-7/h5-6H,4H2,1-3H3,(H2,10,11). The van der Waals surface area contributed by atoms with Crippen LogP contribution in [0.1, 0.15) is 19.5 Å². The number of nitrogen functional groups attached to an aromatic ring is 1. The van der Waals surface area contributed by atoms with Gasteiger partial charge < -0.3 is 10.5 Å². The predicted octanol–water partition coefficient (Wildman–Crippen LogP) is 1.27. The van der Waals surface area contributed by atoms with Crippen molar-refractivity contribution in [2.45, 2.75) is 20.3 Å². The molecule has 0 aliphatic carbocycles. The molecule has 0 aliphatic rings. The van der Waals surface area contributed by atoms with E-state index in [2.05, 4.69) is 24.0 Å². The Morgan fingerprint density at radius 2 is 2.15 bits per heavy atom. The van der Waals surface area contributed by atoms with Crippen molar-refractivity contribution in [2.75, 3.05) is 12.8 Å². The summed E-state index contributed by atoms with van der Waals surface area (Å²) in [5, 5.41) is 7.85. The number of nitrogens with zero attached hydrogens (tertiary/aromatic N) is 2. The third-order valence-corrected chi connectivity index (χ3v) is 1.65. The van der Waals surface area contributed by atoms with Crippen molar-refractivity contribution < 1.29 is 4.74 Å². The quantitative estimate of drug-likeness (QED) is 0.762.